The first-order valence-corrected chi connectivity index (χ1v) is 7.63. The summed E-state index contributed by atoms with van der Waals surface area (Å²) in [5.41, 5.74) is 1.14. The van der Waals surface area contributed by atoms with Crippen molar-refractivity contribution in [3.63, 3.8) is 0 Å². The zero-order chi connectivity index (χ0) is 15.5. The molecule has 2 N–H and O–H groups in total. The highest BCUT2D eigenvalue weighted by atomic mass is 16.6. The number of nitro benzene ring substituents is 1. The zero-order valence-corrected chi connectivity index (χ0v) is 12.8. The van der Waals surface area contributed by atoms with Gasteiger partial charge in [0.25, 0.3) is 5.69 Å². The van der Waals surface area contributed by atoms with Crippen LogP contribution in [0.4, 0.5) is 5.69 Å². The maximum absolute atomic E-state index is 11.0. The van der Waals surface area contributed by atoms with Crippen LogP contribution in [0.25, 0.3) is 0 Å². The normalized spacial score (nSPS) is 19.2. The Kier molecular flexibility index (Phi) is 4.96. The second kappa shape index (κ2) is 6.54. The van der Waals surface area contributed by atoms with Crippen LogP contribution in [0.5, 0.6) is 0 Å². The third-order valence-corrected chi connectivity index (χ3v) is 4.53. The third kappa shape index (κ3) is 3.80. The maximum Gasteiger partial charge on any atom is 0.272 e. The smallest absolute Gasteiger partial charge is 0.272 e. The fourth-order valence-electron chi connectivity index (χ4n) is 3.15. The van der Waals surface area contributed by atoms with Crippen LogP contribution >= 0.6 is 0 Å². The van der Waals surface area contributed by atoms with Crippen molar-refractivity contribution in [2.24, 2.45) is 0 Å². The largest absolute Gasteiger partial charge is 0.389 e. The number of rotatable bonds is 5. The Morgan fingerprint density at radius 1 is 1.38 bits per heavy atom. The quantitative estimate of drug-likeness (QED) is 0.645. The van der Waals surface area contributed by atoms with E-state index in [0.717, 1.165) is 31.2 Å². The van der Waals surface area contributed by atoms with Gasteiger partial charge in [-0.05, 0) is 32.3 Å². The van der Waals surface area contributed by atoms with Crippen molar-refractivity contribution in [1.29, 1.82) is 0 Å². The molecule has 0 spiro atoms. The van der Waals surface area contributed by atoms with Gasteiger partial charge in [0.15, 0.2) is 0 Å². The summed E-state index contributed by atoms with van der Waals surface area (Å²) in [6, 6.07) is 5.13. The van der Waals surface area contributed by atoms with E-state index in [1.165, 1.54) is 12.5 Å². The zero-order valence-electron chi connectivity index (χ0n) is 12.8. The lowest BCUT2D eigenvalue weighted by atomic mass is 9.84. The highest BCUT2D eigenvalue weighted by Crippen LogP contribution is 2.29. The molecule has 116 valence electrons. The number of hydrogen-bond acceptors (Lipinski definition) is 4. The van der Waals surface area contributed by atoms with Gasteiger partial charge in [-0.15, -0.1) is 0 Å². The molecule has 0 heterocycles. The minimum atomic E-state index is -0.624. The molecule has 0 aliphatic heterocycles. The highest BCUT2D eigenvalue weighted by Gasteiger charge is 2.29. The van der Waals surface area contributed by atoms with Gasteiger partial charge in [-0.1, -0.05) is 31.4 Å². The second-order valence-corrected chi connectivity index (χ2v) is 6.14. The SMILES string of the molecule is Cc1c(C(C)NCC2(O)CCCCC2)cccc1[N+](=O)[O-]. The van der Waals surface area contributed by atoms with E-state index >= 15 is 0 Å². The Hall–Kier alpha value is -1.46. The van der Waals surface area contributed by atoms with Gasteiger partial charge >= 0.3 is 0 Å². The van der Waals surface area contributed by atoms with Crippen LogP contribution in [-0.4, -0.2) is 22.2 Å². The van der Waals surface area contributed by atoms with Gasteiger partial charge in [-0.2, -0.15) is 0 Å². The van der Waals surface area contributed by atoms with Gasteiger partial charge in [-0.3, -0.25) is 10.1 Å². The van der Waals surface area contributed by atoms with E-state index in [-0.39, 0.29) is 16.7 Å². The van der Waals surface area contributed by atoms with E-state index in [4.69, 9.17) is 0 Å². The third-order valence-electron chi connectivity index (χ3n) is 4.53. The molecule has 1 unspecified atom stereocenters. The second-order valence-electron chi connectivity index (χ2n) is 6.14. The summed E-state index contributed by atoms with van der Waals surface area (Å²) in [4.78, 5) is 10.7. The summed E-state index contributed by atoms with van der Waals surface area (Å²) >= 11 is 0. The number of nitro groups is 1. The molecule has 0 saturated heterocycles. The molecule has 0 amide bonds. The predicted molar refractivity (Wildman–Crippen MR) is 82.3 cm³/mol. The summed E-state index contributed by atoms with van der Waals surface area (Å²) in [7, 11) is 0. The van der Waals surface area contributed by atoms with E-state index in [2.05, 4.69) is 5.32 Å². The first kappa shape index (κ1) is 15.9. The van der Waals surface area contributed by atoms with Crippen LogP contribution in [0, 0.1) is 17.0 Å². The highest BCUT2D eigenvalue weighted by molar-refractivity contribution is 5.45. The van der Waals surface area contributed by atoms with Crippen molar-refractivity contribution < 1.29 is 10.0 Å². The van der Waals surface area contributed by atoms with Gasteiger partial charge < -0.3 is 10.4 Å². The lowest BCUT2D eigenvalue weighted by molar-refractivity contribution is -0.385. The van der Waals surface area contributed by atoms with Crippen molar-refractivity contribution in [1.82, 2.24) is 5.32 Å². The Morgan fingerprint density at radius 3 is 2.67 bits per heavy atom. The van der Waals surface area contributed by atoms with Crippen molar-refractivity contribution in [2.45, 2.75) is 57.6 Å². The molecule has 1 aromatic carbocycles. The molecule has 1 aromatic rings. The van der Waals surface area contributed by atoms with Crippen molar-refractivity contribution in [3.8, 4) is 0 Å². The molecule has 0 radical (unpaired) electrons. The van der Waals surface area contributed by atoms with Crippen molar-refractivity contribution in [3.05, 3.63) is 39.4 Å². The number of benzene rings is 1. The fraction of sp³-hybridized carbons (Fsp3) is 0.625. The first-order chi connectivity index (χ1) is 9.93. The number of aliphatic hydroxyl groups is 1. The summed E-state index contributed by atoms with van der Waals surface area (Å²) in [6.07, 6.45) is 5.01. The number of nitrogens with zero attached hydrogens (tertiary/aromatic N) is 1. The first-order valence-electron chi connectivity index (χ1n) is 7.63. The van der Waals surface area contributed by atoms with Gasteiger partial charge in [0.2, 0.25) is 0 Å². The van der Waals surface area contributed by atoms with E-state index < -0.39 is 5.60 Å². The maximum atomic E-state index is 11.0. The molecule has 1 atom stereocenters. The van der Waals surface area contributed by atoms with Crippen LogP contribution < -0.4 is 5.32 Å². The Labute approximate surface area is 125 Å². The summed E-state index contributed by atoms with van der Waals surface area (Å²) < 4.78 is 0. The Morgan fingerprint density at radius 2 is 2.05 bits per heavy atom. The molecule has 1 aliphatic carbocycles. The van der Waals surface area contributed by atoms with Gasteiger partial charge in [0.1, 0.15) is 0 Å². The van der Waals surface area contributed by atoms with Crippen LogP contribution in [0.3, 0.4) is 0 Å². The number of nitrogens with one attached hydrogen (secondary N) is 1. The average Bonchev–Trinajstić information content (AvgIpc) is 2.45. The van der Waals surface area contributed by atoms with Crippen LogP contribution in [0.15, 0.2) is 18.2 Å². The monoisotopic (exact) mass is 292 g/mol. The Balaban J connectivity index is 2.05. The average molecular weight is 292 g/mol. The van der Waals surface area contributed by atoms with Crippen molar-refractivity contribution >= 4 is 5.69 Å². The molecule has 21 heavy (non-hydrogen) atoms. The topological polar surface area (TPSA) is 75.4 Å². The van der Waals surface area contributed by atoms with Crippen LogP contribution in [-0.2, 0) is 0 Å². The molecule has 1 fully saturated rings. The standard InChI is InChI=1S/C16H24N2O3/c1-12-14(7-6-8-15(12)18(20)21)13(2)17-11-16(19)9-4-3-5-10-16/h6-8,13,17,19H,3-5,9-11H2,1-2H3. The van der Waals surface area contributed by atoms with Crippen LogP contribution in [0.1, 0.15) is 56.2 Å². The molecule has 0 bridgehead atoms. The molecule has 2 rings (SSSR count). The molecular formula is C16H24N2O3. The minimum Gasteiger partial charge on any atom is -0.389 e. The van der Waals surface area contributed by atoms with Crippen molar-refractivity contribution in [2.75, 3.05) is 6.54 Å². The van der Waals surface area contributed by atoms with E-state index in [0.29, 0.717) is 12.1 Å². The predicted octanol–water partition coefficient (Wildman–Crippen LogP) is 3.25. The van der Waals surface area contributed by atoms with Gasteiger partial charge in [-0.25, -0.2) is 0 Å². The lowest BCUT2D eigenvalue weighted by Crippen LogP contribution is -2.43. The molecule has 0 aromatic heterocycles. The van der Waals surface area contributed by atoms with E-state index in [9.17, 15) is 15.2 Å². The molecule has 1 saturated carbocycles. The van der Waals surface area contributed by atoms with Gasteiger partial charge in [0.05, 0.1) is 10.5 Å². The Bertz CT molecular complexity index is 510. The molecule has 5 heteroatoms. The lowest BCUT2D eigenvalue weighted by Gasteiger charge is -2.33. The summed E-state index contributed by atoms with van der Waals surface area (Å²) in [5, 5.41) is 24.8. The van der Waals surface area contributed by atoms with Crippen LogP contribution in [0.2, 0.25) is 0 Å². The van der Waals surface area contributed by atoms with E-state index in [1.54, 1.807) is 13.0 Å². The molecular weight excluding hydrogens is 268 g/mol. The molecule has 5 nitrogen and oxygen atoms in total. The van der Waals surface area contributed by atoms with Gasteiger partial charge in [0, 0.05) is 24.2 Å². The number of hydrogen-bond donors (Lipinski definition) is 2. The fourth-order valence-corrected chi connectivity index (χ4v) is 3.15. The minimum absolute atomic E-state index is 0.0177. The van der Waals surface area contributed by atoms with E-state index in [1.807, 2.05) is 13.0 Å². The molecule has 1 aliphatic rings. The summed E-state index contributed by atoms with van der Waals surface area (Å²) in [5.74, 6) is 0. The summed E-state index contributed by atoms with van der Waals surface area (Å²) in [6.45, 7) is 4.30.